The van der Waals surface area contributed by atoms with Crippen LogP contribution in [-0.2, 0) is 14.3 Å². The fourth-order valence-corrected chi connectivity index (χ4v) is 3.06. The number of amides is 2. The van der Waals surface area contributed by atoms with Crippen molar-refractivity contribution in [2.24, 2.45) is 0 Å². The van der Waals surface area contributed by atoms with Gasteiger partial charge in [-0.15, -0.1) is 0 Å². The SMILES string of the molecule is CNC(=O)c1cccc(NC(=O)COC(=O)C(c2ccccc2)c2ccccc2)c1. The van der Waals surface area contributed by atoms with Crippen molar-refractivity contribution in [3.8, 4) is 0 Å². The van der Waals surface area contributed by atoms with Gasteiger partial charge in [0.05, 0.1) is 0 Å². The molecule has 0 spiro atoms. The third-order valence-electron chi connectivity index (χ3n) is 4.48. The minimum absolute atomic E-state index is 0.258. The number of benzene rings is 3. The van der Waals surface area contributed by atoms with Gasteiger partial charge in [-0.1, -0.05) is 66.7 Å². The first-order valence-electron chi connectivity index (χ1n) is 9.47. The van der Waals surface area contributed by atoms with Gasteiger partial charge in [0.2, 0.25) is 0 Å². The number of carbonyl (C=O) groups is 3. The number of hydrogen-bond acceptors (Lipinski definition) is 4. The Bertz CT molecular complexity index is 980. The molecule has 0 atom stereocenters. The highest BCUT2D eigenvalue weighted by atomic mass is 16.5. The number of ether oxygens (including phenoxy) is 1. The lowest BCUT2D eigenvalue weighted by atomic mass is 9.91. The monoisotopic (exact) mass is 402 g/mol. The zero-order valence-corrected chi connectivity index (χ0v) is 16.5. The lowest BCUT2D eigenvalue weighted by Crippen LogP contribution is -2.25. The minimum atomic E-state index is -0.628. The third kappa shape index (κ3) is 5.32. The molecule has 0 unspecified atom stereocenters. The van der Waals surface area contributed by atoms with Crippen LogP contribution in [0.3, 0.4) is 0 Å². The molecule has 152 valence electrons. The summed E-state index contributed by atoms with van der Waals surface area (Å²) in [5.74, 6) is -1.89. The largest absolute Gasteiger partial charge is 0.455 e. The summed E-state index contributed by atoms with van der Waals surface area (Å²) in [6.07, 6.45) is 0. The predicted octanol–water partition coefficient (Wildman–Crippen LogP) is 3.36. The van der Waals surface area contributed by atoms with Gasteiger partial charge in [-0.05, 0) is 29.3 Å². The van der Waals surface area contributed by atoms with Crippen LogP contribution in [0.2, 0.25) is 0 Å². The first kappa shape index (κ1) is 20.8. The molecule has 0 fully saturated rings. The van der Waals surface area contributed by atoms with Gasteiger partial charge < -0.3 is 15.4 Å². The van der Waals surface area contributed by atoms with E-state index < -0.39 is 24.4 Å². The van der Waals surface area contributed by atoms with Crippen LogP contribution in [0.1, 0.15) is 27.4 Å². The van der Waals surface area contributed by atoms with E-state index in [1.165, 1.54) is 7.05 Å². The molecule has 0 aliphatic rings. The first-order chi connectivity index (χ1) is 14.6. The molecule has 2 N–H and O–H groups in total. The van der Waals surface area contributed by atoms with Crippen molar-refractivity contribution in [1.29, 1.82) is 0 Å². The Morgan fingerprint density at radius 2 is 1.43 bits per heavy atom. The van der Waals surface area contributed by atoms with Crippen LogP contribution in [0.25, 0.3) is 0 Å². The fourth-order valence-electron chi connectivity index (χ4n) is 3.06. The molecule has 6 heteroatoms. The topological polar surface area (TPSA) is 84.5 Å². The quantitative estimate of drug-likeness (QED) is 0.594. The van der Waals surface area contributed by atoms with E-state index in [4.69, 9.17) is 4.74 Å². The Balaban J connectivity index is 1.67. The summed E-state index contributed by atoms with van der Waals surface area (Å²) in [6, 6.07) is 25.1. The number of esters is 1. The van der Waals surface area contributed by atoms with Crippen molar-refractivity contribution in [2.45, 2.75) is 5.92 Å². The van der Waals surface area contributed by atoms with Crippen LogP contribution >= 0.6 is 0 Å². The van der Waals surface area contributed by atoms with Crippen LogP contribution < -0.4 is 10.6 Å². The molecule has 0 aliphatic heterocycles. The van der Waals surface area contributed by atoms with Gasteiger partial charge in [0, 0.05) is 18.3 Å². The molecular weight excluding hydrogens is 380 g/mol. The first-order valence-corrected chi connectivity index (χ1v) is 9.47. The van der Waals surface area contributed by atoms with E-state index in [0.717, 1.165) is 11.1 Å². The molecular formula is C24H22N2O4. The van der Waals surface area contributed by atoms with Crippen molar-refractivity contribution in [3.05, 3.63) is 102 Å². The molecule has 6 nitrogen and oxygen atoms in total. The molecule has 0 radical (unpaired) electrons. The Kier molecular flexibility index (Phi) is 6.95. The highest BCUT2D eigenvalue weighted by Crippen LogP contribution is 2.26. The van der Waals surface area contributed by atoms with Crippen LogP contribution in [0.15, 0.2) is 84.9 Å². The molecule has 0 bridgehead atoms. The summed E-state index contributed by atoms with van der Waals surface area (Å²) < 4.78 is 5.32. The van der Waals surface area contributed by atoms with Crippen molar-refractivity contribution in [1.82, 2.24) is 5.32 Å². The molecule has 3 aromatic rings. The van der Waals surface area contributed by atoms with E-state index in [-0.39, 0.29) is 5.91 Å². The summed E-state index contributed by atoms with van der Waals surface area (Å²) in [6.45, 7) is -0.431. The van der Waals surface area contributed by atoms with Gasteiger partial charge in [0.1, 0.15) is 5.92 Å². The molecule has 0 aliphatic carbocycles. The average molecular weight is 402 g/mol. The second kappa shape index (κ2) is 10.0. The number of hydrogen-bond donors (Lipinski definition) is 2. The summed E-state index contributed by atoms with van der Waals surface area (Å²) in [4.78, 5) is 36.8. The summed E-state index contributed by atoms with van der Waals surface area (Å²) >= 11 is 0. The third-order valence-corrected chi connectivity index (χ3v) is 4.48. The van der Waals surface area contributed by atoms with Gasteiger partial charge in [-0.3, -0.25) is 14.4 Å². The number of carbonyl (C=O) groups excluding carboxylic acids is 3. The number of rotatable bonds is 7. The molecule has 2 amide bonds. The van der Waals surface area contributed by atoms with E-state index in [2.05, 4.69) is 10.6 Å². The van der Waals surface area contributed by atoms with E-state index in [9.17, 15) is 14.4 Å². The van der Waals surface area contributed by atoms with Crippen LogP contribution in [0.4, 0.5) is 5.69 Å². The van der Waals surface area contributed by atoms with Crippen molar-refractivity contribution in [2.75, 3.05) is 19.0 Å². The van der Waals surface area contributed by atoms with Crippen LogP contribution in [-0.4, -0.2) is 31.4 Å². The lowest BCUT2D eigenvalue weighted by Gasteiger charge is -2.17. The van der Waals surface area contributed by atoms with Gasteiger partial charge in [-0.2, -0.15) is 0 Å². The highest BCUT2D eigenvalue weighted by molar-refractivity contribution is 5.97. The Hall–Kier alpha value is -3.93. The molecule has 3 rings (SSSR count). The maximum absolute atomic E-state index is 12.8. The van der Waals surface area contributed by atoms with Crippen LogP contribution in [0, 0.1) is 0 Å². The van der Waals surface area contributed by atoms with Crippen molar-refractivity contribution < 1.29 is 19.1 Å². The molecule has 0 saturated heterocycles. The smallest absolute Gasteiger partial charge is 0.318 e. The zero-order valence-electron chi connectivity index (χ0n) is 16.5. The lowest BCUT2D eigenvalue weighted by molar-refractivity contribution is -0.147. The number of anilines is 1. The Morgan fingerprint density at radius 1 is 0.833 bits per heavy atom. The average Bonchev–Trinajstić information content (AvgIpc) is 2.79. The van der Waals surface area contributed by atoms with E-state index >= 15 is 0 Å². The molecule has 3 aromatic carbocycles. The van der Waals surface area contributed by atoms with E-state index in [1.54, 1.807) is 24.3 Å². The second-order valence-electron chi connectivity index (χ2n) is 6.57. The standard InChI is InChI=1S/C24H22N2O4/c1-25-23(28)19-13-8-14-20(15-19)26-21(27)16-30-24(29)22(17-9-4-2-5-10-17)18-11-6-3-7-12-18/h2-15,22H,16H2,1H3,(H,25,28)(H,26,27). The zero-order chi connectivity index (χ0) is 21.3. The van der Waals surface area contributed by atoms with Gasteiger partial charge in [-0.25, -0.2) is 0 Å². The molecule has 0 saturated carbocycles. The van der Waals surface area contributed by atoms with Crippen molar-refractivity contribution in [3.63, 3.8) is 0 Å². The number of nitrogens with one attached hydrogen (secondary N) is 2. The van der Waals surface area contributed by atoms with Gasteiger partial charge in [0.15, 0.2) is 6.61 Å². The van der Waals surface area contributed by atoms with Gasteiger partial charge in [0.25, 0.3) is 11.8 Å². The van der Waals surface area contributed by atoms with E-state index in [1.807, 2.05) is 60.7 Å². The minimum Gasteiger partial charge on any atom is -0.455 e. The highest BCUT2D eigenvalue weighted by Gasteiger charge is 2.24. The Morgan fingerprint density at radius 3 is 2.00 bits per heavy atom. The fraction of sp³-hybridized carbons (Fsp3) is 0.125. The molecule has 0 aromatic heterocycles. The summed E-state index contributed by atoms with van der Waals surface area (Å²) in [7, 11) is 1.53. The normalized spacial score (nSPS) is 10.3. The molecule has 0 heterocycles. The van der Waals surface area contributed by atoms with Crippen LogP contribution in [0.5, 0.6) is 0 Å². The van der Waals surface area contributed by atoms with Gasteiger partial charge >= 0.3 is 5.97 Å². The summed E-state index contributed by atoms with van der Waals surface area (Å²) in [5, 5.41) is 5.16. The van der Waals surface area contributed by atoms with E-state index in [0.29, 0.717) is 11.3 Å². The summed E-state index contributed by atoms with van der Waals surface area (Å²) in [5.41, 5.74) is 2.43. The Labute approximate surface area is 174 Å². The maximum Gasteiger partial charge on any atom is 0.318 e. The maximum atomic E-state index is 12.8. The van der Waals surface area contributed by atoms with Crippen molar-refractivity contribution >= 4 is 23.5 Å². The predicted molar refractivity (Wildman–Crippen MR) is 114 cm³/mol. The second-order valence-corrected chi connectivity index (χ2v) is 6.57. The molecule has 30 heavy (non-hydrogen) atoms.